The summed E-state index contributed by atoms with van der Waals surface area (Å²) in [6.07, 6.45) is 0. The van der Waals surface area contributed by atoms with Crippen molar-refractivity contribution in [1.29, 1.82) is 0 Å². The van der Waals surface area contributed by atoms with Crippen molar-refractivity contribution in [3.63, 3.8) is 0 Å². The number of hydrogen-bond acceptors (Lipinski definition) is 4. The number of hydrogen-bond donors (Lipinski definition) is 2. The smallest absolute Gasteiger partial charge is 0.254 e. The maximum Gasteiger partial charge on any atom is 0.254 e. The lowest BCUT2D eigenvalue weighted by molar-refractivity contribution is 0.0302. The van der Waals surface area contributed by atoms with Crippen molar-refractivity contribution in [3.8, 4) is 5.75 Å². The van der Waals surface area contributed by atoms with E-state index in [0.717, 1.165) is 0 Å². The number of carbonyl (C=O) groups is 1. The summed E-state index contributed by atoms with van der Waals surface area (Å²) in [7, 11) is 0. The molecule has 0 spiro atoms. The largest absolute Gasteiger partial charge is 0.506 e. The van der Waals surface area contributed by atoms with Crippen molar-refractivity contribution in [1.82, 2.24) is 4.90 Å². The second-order valence-electron chi connectivity index (χ2n) is 3.68. The zero-order valence-corrected chi connectivity index (χ0v) is 8.85. The number of benzene rings is 1. The molecule has 1 amide bonds. The molecule has 0 saturated carbocycles. The molecule has 0 aliphatic carbocycles. The number of nitrogens with two attached hydrogens (primary N) is 1. The lowest BCUT2D eigenvalue weighted by Crippen LogP contribution is -2.40. The summed E-state index contributed by atoms with van der Waals surface area (Å²) < 4.78 is 5.17. The third-order valence-electron chi connectivity index (χ3n) is 2.58. The van der Waals surface area contributed by atoms with Crippen molar-refractivity contribution >= 4 is 11.6 Å². The van der Waals surface area contributed by atoms with E-state index in [1.807, 2.05) is 0 Å². The first-order valence-electron chi connectivity index (χ1n) is 5.14. The minimum atomic E-state index is -0.0985. The van der Waals surface area contributed by atoms with Crippen molar-refractivity contribution in [3.05, 3.63) is 23.8 Å². The van der Waals surface area contributed by atoms with E-state index in [1.54, 1.807) is 11.0 Å². The van der Waals surface area contributed by atoms with E-state index >= 15 is 0 Å². The molecule has 1 heterocycles. The number of anilines is 1. The van der Waals surface area contributed by atoms with Gasteiger partial charge in [0.15, 0.2) is 0 Å². The Labute approximate surface area is 93.4 Å². The van der Waals surface area contributed by atoms with Gasteiger partial charge in [0.25, 0.3) is 5.91 Å². The number of aromatic hydroxyl groups is 1. The second kappa shape index (κ2) is 4.40. The zero-order valence-electron chi connectivity index (χ0n) is 8.85. The molecule has 3 N–H and O–H groups in total. The topological polar surface area (TPSA) is 75.8 Å². The number of phenols is 1. The molecule has 0 unspecified atom stereocenters. The fraction of sp³-hybridized carbons (Fsp3) is 0.364. The molecule has 0 atom stereocenters. The van der Waals surface area contributed by atoms with Crippen LogP contribution in [0.4, 0.5) is 5.69 Å². The second-order valence-corrected chi connectivity index (χ2v) is 3.68. The lowest BCUT2D eigenvalue weighted by atomic mass is 10.1. The molecule has 1 fully saturated rings. The van der Waals surface area contributed by atoms with Crippen molar-refractivity contribution in [2.75, 3.05) is 32.0 Å². The van der Waals surface area contributed by atoms with Gasteiger partial charge in [0.2, 0.25) is 0 Å². The van der Waals surface area contributed by atoms with Gasteiger partial charge in [0.1, 0.15) is 5.75 Å². The van der Waals surface area contributed by atoms with E-state index in [1.165, 1.54) is 12.1 Å². The maximum absolute atomic E-state index is 12.0. The fourth-order valence-electron chi connectivity index (χ4n) is 1.63. The van der Waals surface area contributed by atoms with E-state index in [0.29, 0.717) is 31.9 Å². The van der Waals surface area contributed by atoms with Crippen LogP contribution in [0.3, 0.4) is 0 Å². The number of nitrogens with zero attached hydrogens (tertiary/aromatic N) is 1. The Morgan fingerprint density at radius 1 is 1.38 bits per heavy atom. The summed E-state index contributed by atoms with van der Waals surface area (Å²) in [5.41, 5.74) is 6.20. The summed E-state index contributed by atoms with van der Waals surface area (Å²) in [4.78, 5) is 13.7. The van der Waals surface area contributed by atoms with Crippen LogP contribution in [0.2, 0.25) is 0 Å². The molecule has 1 aromatic carbocycles. The first-order chi connectivity index (χ1) is 7.68. The summed E-state index contributed by atoms with van der Waals surface area (Å²) in [5, 5.41) is 9.43. The molecule has 1 aromatic rings. The average molecular weight is 222 g/mol. The molecule has 86 valence electrons. The van der Waals surface area contributed by atoms with E-state index in [4.69, 9.17) is 10.5 Å². The highest BCUT2D eigenvalue weighted by Crippen LogP contribution is 2.21. The van der Waals surface area contributed by atoms with Crippen LogP contribution in [0.5, 0.6) is 5.75 Å². The summed E-state index contributed by atoms with van der Waals surface area (Å²) in [6, 6.07) is 4.54. The van der Waals surface area contributed by atoms with Gasteiger partial charge < -0.3 is 20.5 Å². The van der Waals surface area contributed by atoms with Crippen LogP contribution in [0, 0.1) is 0 Å². The van der Waals surface area contributed by atoms with Gasteiger partial charge in [-0.2, -0.15) is 0 Å². The van der Waals surface area contributed by atoms with Crippen LogP contribution in [-0.2, 0) is 4.74 Å². The first kappa shape index (κ1) is 10.8. The number of nitrogen functional groups attached to an aromatic ring is 1. The van der Waals surface area contributed by atoms with Gasteiger partial charge in [-0.15, -0.1) is 0 Å². The first-order valence-corrected chi connectivity index (χ1v) is 5.14. The minimum absolute atomic E-state index is 0.0564. The fourth-order valence-corrected chi connectivity index (χ4v) is 1.63. The van der Waals surface area contributed by atoms with Gasteiger partial charge in [0, 0.05) is 18.7 Å². The van der Waals surface area contributed by atoms with E-state index < -0.39 is 0 Å². The highest BCUT2D eigenvalue weighted by molar-refractivity contribution is 5.95. The van der Waals surface area contributed by atoms with E-state index in [2.05, 4.69) is 0 Å². The van der Waals surface area contributed by atoms with Crippen LogP contribution in [-0.4, -0.2) is 42.2 Å². The minimum Gasteiger partial charge on any atom is -0.506 e. The molecule has 1 saturated heterocycles. The SMILES string of the molecule is Nc1ccc(C(=O)N2CCOCC2)cc1O. The number of phenolic OH excluding ortho intramolecular Hbond substituents is 1. The molecule has 0 bridgehead atoms. The molecule has 16 heavy (non-hydrogen) atoms. The number of amides is 1. The Bertz CT molecular complexity index is 400. The molecular weight excluding hydrogens is 208 g/mol. The Kier molecular flexibility index (Phi) is 2.96. The third-order valence-corrected chi connectivity index (χ3v) is 2.58. The predicted molar refractivity (Wildman–Crippen MR) is 59.2 cm³/mol. The van der Waals surface area contributed by atoms with Crippen LogP contribution >= 0.6 is 0 Å². The van der Waals surface area contributed by atoms with Crippen LogP contribution in [0.1, 0.15) is 10.4 Å². The van der Waals surface area contributed by atoms with Gasteiger partial charge in [-0.05, 0) is 18.2 Å². The highest BCUT2D eigenvalue weighted by Gasteiger charge is 2.18. The van der Waals surface area contributed by atoms with Gasteiger partial charge in [-0.3, -0.25) is 4.79 Å². The number of ether oxygens (including phenoxy) is 1. The Hall–Kier alpha value is -1.75. The molecule has 5 heteroatoms. The van der Waals surface area contributed by atoms with Crippen molar-refractivity contribution in [2.24, 2.45) is 0 Å². The molecular formula is C11H14N2O3. The number of rotatable bonds is 1. The molecule has 2 rings (SSSR count). The van der Waals surface area contributed by atoms with Gasteiger partial charge in [0.05, 0.1) is 18.9 Å². The molecule has 0 aromatic heterocycles. The predicted octanol–water partition coefficient (Wildman–Crippen LogP) is 0.447. The van der Waals surface area contributed by atoms with E-state index in [-0.39, 0.29) is 17.3 Å². The highest BCUT2D eigenvalue weighted by atomic mass is 16.5. The molecule has 1 aliphatic heterocycles. The van der Waals surface area contributed by atoms with Gasteiger partial charge >= 0.3 is 0 Å². The quantitative estimate of drug-likeness (QED) is 0.534. The third kappa shape index (κ3) is 2.09. The molecule has 0 radical (unpaired) electrons. The van der Waals surface area contributed by atoms with Crippen LogP contribution in [0.15, 0.2) is 18.2 Å². The maximum atomic E-state index is 12.0. The van der Waals surface area contributed by atoms with Crippen LogP contribution in [0.25, 0.3) is 0 Å². The number of carbonyl (C=O) groups excluding carboxylic acids is 1. The monoisotopic (exact) mass is 222 g/mol. The standard InChI is InChI=1S/C11H14N2O3/c12-9-2-1-8(7-10(9)14)11(15)13-3-5-16-6-4-13/h1-2,7,14H,3-6,12H2. The summed E-state index contributed by atoms with van der Waals surface area (Å²) >= 11 is 0. The molecule has 5 nitrogen and oxygen atoms in total. The molecule has 1 aliphatic rings. The Morgan fingerprint density at radius 2 is 2.06 bits per heavy atom. The Balaban J connectivity index is 2.16. The van der Waals surface area contributed by atoms with E-state index in [9.17, 15) is 9.90 Å². The van der Waals surface area contributed by atoms with Crippen molar-refractivity contribution in [2.45, 2.75) is 0 Å². The van der Waals surface area contributed by atoms with Crippen LogP contribution < -0.4 is 5.73 Å². The summed E-state index contributed by atoms with van der Waals surface area (Å²) in [5.74, 6) is -0.155. The lowest BCUT2D eigenvalue weighted by Gasteiger charge is -2.26. The van der Waals surface area contributed by atoms with Gasteiger partial charge in [-0.25, -0.2) is 0 Å². The zero-order chi connectivity index (χ0) is 11.5. The average Bonchev–Trinajstić information content (AvgIpc) is 2.33. The van der Waals surface area contributed by atoms with Gasteiger partial charge in [-0.1, -0.05) is 0 Å². The normalized spacial score (nSPS) is 16.1. The summed E-state index contributed by atoms with van der Waals surface area (Å²) in [6.45, 7) is 2.30. The van der Waals surface area contributed by atoms with Crippen molar-refractivity contribution < 1.29 is 14.6 Å². The Morgan fingerprint density at radius 3 is 2.69 bits per heavy atom. The number of morpholine rings is 1.